The van der Waals surface area contributed by atoms with E-state index in [-0.39, 0.29) is 17.8 Å². The molecule has 4 heterocycles. The molecule has 2 aliphatic heterocycles. The van der Waals surface area contributed by atoms with Crippen LogP contribution in [0.5, 0.6) is 0 Å². The molecule has 0 spiro atoms. The van der Waals surface area contributed by atoms with Crippen LogP contribution in [0.15, 0.2) is 41.8 Å². The van der Waals surface area contributed by atoms with Crippen LogP contribution in [0.25, 0.3) is 10.9 Å². The van der Waals surface area contributed by atoms with Crippen LogP contribution in [0.2, 0.25) is 0 Å². The third-order valence-corrected chi connectivity index (χ3v) is 7.33. The van der Waals surface area contributed by atoms with Crippen LogP contribution in [-0.2, 0) is 6.54 Å². The van der Waals surface area contributed by atoms with Gasteiger partial charge in [-0.05, 0) is 60.9 Å². The summed E-state index contributed by atoms with van der Waals surface area (Å²) in [6.07, 6.45) is 6.65. The highest BCUT2D eigenvalue weighted by Crippen LogP contribution is 2.28. The Labute approximate surface area is 215 Å². The lowest BCUT2D eigenvalue weighted by Gasteiger charge is -2.35. The van der Waals surface area contributed by atoms with Gasteiger partial charge in [-0.15, -0.1) is 0 Å². The Balaban J connectivity index is 1.41. The maximum absolute atomic E-state index is 14.7. The zero-order valence-corrected chi connectivity index (χ0v) is 21.6. The third kappa shape index (κ3) is 5.31. The summed E-state index contributed by atoms with van der Waals surface area (Å²) in [5, 5.41) is 15.4. The normalized spacial score (nSPS) is 18.5. The highest BCUT2D eigenvalue weighted by molar-refractivity contribution is 6.45. The van der Waals surface area contributed by atoms with Gasteiger partial charge in [0.1, 0.15) is 0 Å². The van der Waals surface area contributed by atoms with E-state index >= 15 is 0 Å². The number of anilines is 2. The number of aromatic nitrogens is 3. The fraction of sp³-hybridized carbons (Fsp3) is 0.444. The minimum Gasteiger partial charge on any atom is -0.390 e. The van der Waals surface area contributed by atoms with Gasteiger partial charge in [0.15, 0.2) is 11.6 Å². The lowest BCUT2D eigenvalue weighted by atomic mass is 9.93. The summed E-state index contributed by atoms with van der Waals surface area (Å²) in [4.78, 5) is 15.5. The second-order valence-electron chi connectivity index (χ2n) is 10.3. The highest BCUT2D eigenvalue weighted by Gasteiger charge is 2.25. The molecule has 1 aromatic carbocycles. The zero-order valence-electron chi connectivity index (χ0n) is 20.9. The Morgan fingerprint density at radius 1 is 1.25 bits per heavy atom. The van der Waals surface area contributed by atoms with E-state index in [0.717, 1.165) is 51.8 Å². The minimum absolute atomic E-state index is 0.178. The summed E-state index contributed by atoms with van der Waals surface area (Å²) in [6, 6.07) is 5.85. The summed E-state index contributed by atoms with van der Waals surface area (Å²) in [7, 11) is 0. The second kappa shape index (κ2) is 10.3. The lowest BCUT2D eigenvalue weighted by Crippen LogP contribution is -2.49. The van der Waals surface area contributed by atoms with E-state index in [0.29, 0.717) is 31.5 Å². The molecule has 0 bridgehead atoms. The number of halogens is 2. The molecule has 1 unspecified atom stereocenters. The van der Waals surface area contributed by atoms with Crippen LogP contribution in [-0.4, -0.2) is 50.3 Å². The zero-order chi connectivity index (χ0) is 25.4. The molecule has 0 radical (unpaired) electrons. The van der Waals surface area contributed by atoms with Crippen LogP contribution in [0.1, 0.15) is 37.8 Å². The number of β-amino-alcohol motifs (C(OH)–C–C–N with tert-alkyl or cyclic N) is 1. The number of aryl methyl sites for hydroxylation is 1. The van der Waals surface area contributed by atoms with Gasteiger partial charge < -0.3 is 15.0 Å². The summed E-state index contributed by atoms with van der Waals surface area (Å²) >= 11 is 6.87. The van der Waals surface area contributed by atoms with Crippen molar-refractivity contribution in [2.24, 2.45) is 16.8 Å². The SMILES string of the molecule is Cc1cn(-c2nc(Nc3ccc4c(c3)=C(Cl)C(CC(C)C)CCN=4)ncc2F)cc1CN1CC(O)C1. The molecule has 2 N–H and O–H groups in total. The van der Waals surface area contributed by atoms with Crippen LogP contribution in [0.3, 0.4) is 0 Å². The molecule has 7 nitrogen and oxygen atoms in total. The molecule has 190 valence electrons. The number of nitrogens with one attached hydrogen (secondary N) is 1. The number of fused-ring (bicyclic) bond motifs is 1. The van der Waals surface area contributed by atoms with Crippen LogP contribution >= 0.6 is 11.6 Å². The Hall–Kier alpha value is -2.81. The number of hydrogen-bond acceptors (Lipinski definition) is 6. The smallest absolute Gasteiger partial charge is 0.229 e. The number of nitrogens with zero attached hydrogens (tertiary/aromatic N) is 5. The van der Waals surface area contributed by atoms with Gasteiger partial charge in [-0.1, -0.05) is 25.4 Å². The van der Waals surface area contributed by atoms with Crippen molar-refractivity contribution in [3.63, 3.8) is 0 Å². The number of aliphatic hydroxyl groups excluding tert-OH is 1. The summed E-state index contributed by atoms with van der Waals surface area (Å²) < 4.78 is 16.4. The molecule has 2 aliphatic rings. The van der Waals surface area contributed by atoms with E-state index in [1.165, 1.54) is 6.20 Å². The molecule has 1 fully saturated rings. The predicted molar refractivity (Wildman–Crippen MR) is 140 cm³/mol. The lowest BCUT2D eigenvalue weighted by molar-refractivity contribution is -0.00295. The molecule has 1 saturated heterocycles. The van der Waals surface area contributed by atoms with E-state index in [9.17, 15) is 9.50 Å². The summed E-state index contributed by atoms with van der Waals surface area (Å²) in [5.41, 5.74) is 2.88. The number of rotatable bonds is 7. The fourth-order valence-electron chi connectivity index (χ4n) is 4.95. The first kappa shape index (κ1) is 24.9. The van der Waals surface area contributed by atoms with Gasteiger partial charge >= 0.3 is 0 Å². The number of aliphatic hydroxyl groups is 1. The van der Waals surface area contributed by atoms with E-state index in [2.05, 4.69) is 34.0 Å². The quantitative estimate of drug-likeness (QED) is 0.507. The number of hydrogen-bond donors (Lipinski definition) is 2. The standard InChI is InChI=1S/C27H32ClFN6O/c1-16(2)8-18-6-7-30-24-5-4-20(9-22(24)25(18)28)32-27-31-10-23(29)26(33-27)35-11-17(3)19(13-35)12-34-14-21(36)15-34/h4-5,9-11,13,16,18,21,36H,6-8,12,14-15H2,1-3H3,(H,31,32,33). The highest BCUT2D eigenvalue weighted by atomic mass is 35.5. The molecular formula is C27H32ClFN6O. The Kier molecular flexibility index (Phi) is 7.10. The van der Waals surface area contributed by atoms with Gasteiger partial charge in [0.05, 0.1) is 17.7 Å². The van der Waals surface area contributed by atoms with Crippen LogP contribution < -0.4 is 15.9 Å². The minimum atomic E-state index is -0.505. The van der Waals surface area contributed by atoms with Gasteiger partial charge in [0.2, 0.25) is 5.95 Å². The molecule has 9 heteroatoms. The van der Waals surface area contributed by atoms with Crippen molar-refractivity contribution in [2.75, 3.05) is 25.0 Å². The van der Waals surface area contributed by atoms with Gasteiger partial charge in [-0.25, -0.2) is 9.37 Å². The number of likely N-dealkylation sites (tertiary alicyclic amines) is 1. The average molecular weight is 511 g/mol. The Morgan fingerprint density at radius 2 is 2.06 bits per heavy atom. The van der Waals surface area contributed by atoms with Crippen molar-refractivity contribution in [1.29, 1.82) is 0 Å². The van der Waals surface area contributed by atoms with Crippen molar-refractivity contribution < 1.29 is 9.50 Å². The van der Waals surface area contributed by atoms with E-state index in [1.54, 1.807) is 4.57 Å². The van der Waals surface area contributed by atoms with Crippen molar-refractivity contribution in [3.8, 4) is 5.82 Å². The third-order valence-electron chi connectivity index (χ3n) is 6.82. The van der Waals surface area contributed by atoms with Crippen LogP contribution in [0.4, 0.5) is 16.0 Å². The molecule has 36 heavy (non-hydrogen) atoms. The first-order valence-corrected chi connectivity index (χ1v) is 12.9. The van der Waals surface area contributed by atoms with Gasteiger partial charge in [0.25, 0.3) is 0 Å². The van der Waals surface area contributed by atoms with Crippen molar-refractivity contribution in [2.45, 2.75) is 46.3 Å². The first-order chi connectivity index (χ1) is 17.3. The molecule has 0 amide bonds. The number of benzene rings is 1. The van der Waals surface area contributed by atoms with E-state index in [4.69, 9.17) is 16.6 Å². The van der Waals surface area contributed by atoms with Crippen molar-refractivity contribution in [1.82, 2.24) is 19.4 Å². The Bertz CT molecular complexity index is 1380. The Morgan fingerprint density at radius 3 is 2.81 bits per heavy atom. The van der Waals surface area contributed by atoms with Crippen molar-refractivity contribution in [3.05, 3.63) is 64.3 Å². The molecule has 5 rings (SSSR count). The van der Waals surface area contributed by atoms with E-state index < -0.39 is 5.82 Å². The largest absolute Gasteiger partial charge is 0.390 e. The summed E-state index contributed by atoms with van der Waals surface area (Å²) in [6.45, 7) is 9.20. The molecular weight excluding hydrogens is 479 g/mol. The molecule has 0 saturated carbocycles. The van der Waals surface area contributed by atoms with Gasteiger partial charge in [0, 0.05) is 54.5 Å². The first-order valence-electron chi connectivity index (χ1n) is 12.5. The average Bonchev–Trinajstić information content (AvgIpc) is 3.11. The maximum Gasteiger partial charge on any atom is 0.229 e. The molecule has 3 aromatic rings. The fourth-order valence-corrected chi connectivity index (χ4v) is 5.30. The molecule has 2 aromatic heterocycles. The van der Waals surface area contributed by atoms with Gasteiger partial charge in [-0.2, -0.15) is 4.98 Å². The van der Waals surface area contributed by atoms with Crippen LogP contribution in [0, 0.1) is 24.6 Å². The van der Waals surface area contributed by atoms with E-state index in [1.807, 2.05) is 37.5 Å². The molecule has 0 aliphatic carbocycles. The second-order valence-corrected chi connectivity index (χ2v) is 10.7. The van der Waals surface area contributed by atoms with Crippen molar-refractivity contribution >= 4 is 28.3 Å². The van der Waals surface area contributed by atoms with Gasteiger partial charge in [-0.3, -0.25) is 9.89 Å². The predicted octanol–water partition coefficient (Wildman–Crippen LogP) is 3.67. The molecule has 1 atom stereocenters. The summed E-state index contributed by atoms with van der Waals surface area (Å²) in [5.74, 6) is 0.803. The monoisotopic (exact) mass is 510 g/mol. The maximum atomic E-state index is 14.7. The topological polar surface area (TPSA) is 78.6 Å².